The molecule has 1 fully saturated rings. The lowest BCUT2D eigenvalue weighted by atomic mass is 9.99. The van der Waals surface area contributed by atoms with Crippen molar-refractivity contribution < 1.29 is 17.9 Å². The molecular weight excluding hydrogens is 424 g/mol. The van der Waals surface area contributed by atoms with Crippen molar-refractivity contribution in [2.45, 2.75) is 24.7 Å². The van der Waals surface area contributed by atoms with Gasteiger partial charge < -0.3 is 10.1 Å². The molecule has 7 heteroatoms. The summed E-state index contributed by atoms with van der Waals surface area (Å²) in [5, 5.41) is 2.91. The third-order valence-corrected chi connectivity index (χ3v) is 7.39. The van der Waals surface area contributed by atoms with E-state index in [0.29, 0.717) is 30.8 Å². The highest BCUT2D eigenvalue weighted by Crippen LogP contribution is 2.26. The summed E-state index contributed by atoms with van der Waals surface area (Å²) >= 11 is 0. The van der Waals surface area contributed by atoms with Gasteiger partial charge in [0.2, 0.25) is 15.9 Å². The molecule has 4 rings (SSSR count). The lowest BCUT2D eigenvalue weighted by molar-refractivity contribution is -0.120. The molecule has 1 atom stereocenters. The zero-order valence-electron chi connectivity index (χ0n) is 17.9. The van der Waals surface area contributed by atoms with Crippen LogP contribution in [0.15, 0.2) is 83.8 Å². The van der Waals surface area contributed by atoms with Gasteiger partial charge in [0.15, 0.2) is 0 Å². The van der Waals surface area contributed by atoms with Crippen molar-refractivity contribution >= 4 is 21.6 Å². The van der Waals surface area contributed by atoms with Gasteiger partial charge in [0, 0.05) is 18.8 Å². The first-order chi connectivity index (χ1) is 15.4. The summed E-state index contributed by atoms with van der Waals surface area (Å²) < 4.78 is 33.2. The van der Waals surface area contributed by atoms with Gasteiger partial charge in [0.25, 0.3) is 0 Å². The zero-order valence-corrected chi connectivity index (χ0v) is 18.7. The topological polar surface area (TPSA) is 75.7 Å². The molecule has 1 unspecified atom stereocenters. The number of piperidine rings is 1. The maximum absolute atomic E-state index is 13.0. The molecule has 0 bridgehead atoms. The molecule has 0 saturated carbocycles. The number of sulfonamides is 1. The molecule has 0 radical (unpaired) electrons. The number of hydrogen-bond acceptors (Lipinski definition) is 4. The van der Waals surface area contributed by atoms with Crippen LogP contribution in [0.25, 0.3) is 0 Å². The van der Waals surface area contributed by atoms with Gasteiger partial charge in [-0.3, -0.25) is 4.79 Å². The van der Waals surface area contributed by atoms with Crippen molar-refractivity contribution in [1.29, 1.82) is 0 Å². The minimum absolute atomic E-state index is 0.175. The molecule has 1 amide bonds. The molecule has 1 heterocycles. The highest BCUT2D eigenvalue weighted by molar-refractivity contribution is 7.89. The molecule has 166 valence electrons. The van der Waals surface area contributed by atoms with Gasteiger partial charge in [0.05, 0.1) is 10.8 Å². The van der Waals surface area contributed by atoms with Crippen LogP contribution < -0.4 is 10.1 Å². The van der Waals surface area contributed by atoms with Gasteiger partial charge in [-0.25, -0.2) is 8.42 Å². The van der Waals surface area contributed by atoms with Crippen molar-refractivity contribution in [3.05, 3.63) is 84.4 Å². The van der Waals surface area contributed by atoms with Crippen LogP contribution in [0.5, 0.6) is 11.5 Å². The van der Waals surface area contributed by atoms with Gasteiger partial charge in [-0.05, 0) is 68.3 Å². The Morgan fingerprint density at radius 3 is 2.28 bits per heavy atom. The number of amides is 1. The van der Waals surface area contributed by atoms with Gasteiger partial charge in [-0.1, -0.05) is 35.9 Å². The van der Waals surface area contributed by atoms with E-state index in [-0.39, 0.29) is 17.3 Å². The van der Waals surface area contributed by atoms with E-state index in [0.717, 1.165) is 11.3 Å². The fourth-order valence-corrected chi connectivity index (χ4v) is 5.23. The van der Waals surface area contributed by atoms with E-state index in [2.05, 4.69) is 5.32 Å². The van der Waals surface area contributed by atoms with Crippen LogP contribution in [0.1, 0.15) is 18.4 Å². The largest absolute Gasteiger partial charge is 0.457 e. The van der Waals surface area contributed by atoms with E-state index in [4.69, 9.17) is 4.74 Å². The van der Waals surface area contributed by atoms with Crippen molar-refractivity contribution in [3.63, 3.8) is 0 Å². The molecule has 3 aromatic rings. The van der Waals surface area contributed by atoms with E-state index in [1.807, 2.05) is 37.3 Å². The molecular formula is C25H26N2O4S. The summed E-state index contributed by atoms with van der Waals surface area (Å²) in [7, 11) is -3.62. The summed E-state index contributed by atoms with van der Waals surface area (Å²) in [6, 6.07) is 23.4. The molecule has 1 aliphatic rings. The Balaban J connectivity index is 1.38. The number of carbonyl (C=O) groups excluding carboxylic acids is 1. The SMILES string of the molecule is Cc1ccc(S(=O)(=O)N2CCCC(C(=O)Nc3ccc(Oc4ccccc4)cc3)C2)cc1. The Kier molecular flexibility index (Phi) is 6.58. The number of nitrogens with one attached hydrogen (secondary N) is 1. The van der Waals surface area contributed by atoms with E-state index in [1.165, 1.54) is 4.31 Å². The molecule has 1 saturated heterocycles. The second-order valence-electron chi connectivity index (χ2n) is 7.94. The van der Waals surface area contributed by atoms with Gasteiger partial charge >= 0.3 is 0 Å². The van der Waals surface area contributed by atoms with Crippen LogP contribution >= 0.6 is 0 Å². The molecule has 3 aromatic carbocycles. The molecule has 6 nitrogen and oxygen atoms in total. The van der Waals surface area contributed by atoms with Crippen LogP contribution in [0.4, 0.5) is 5.69 Å². The average molecular weight is 451 g/mol. The fourth-order valence-electron chi connectivity index (χ4n) is 3.71. The second-order valence-corrected chi connectivity index (χ2v) is 9.88. The van der Waals surface area contributed by atoms with Crippen LogP contribution in [0.3, 0.4) is 0 Å². The van der Waals surface area contributed by atoms with E-state index >= 15 is 0 Å². The minimum Gasteiger partial charge on any atom is -0.457 e. The number of nitrogens with zero attached hydrogens (tertiary/aromatic N) is 1. The lowest BCUT2D eigenvalue weighted by Gasteiger charge is -2.31. The lowest BCUT2D eigenvalue weighted by Crippen LogP contribution is -2.43. The Bertz CT molecular complexity index is 1160. The predicted octanol–water partition coefficient (Wildman–Crippen LogP) is 4.83. The summed E-state index contributed by atoms with van der Waals surface area (Å²) in [4.78, 5) is 13.1. The number of ether oxygens (including phenoxy) is 1. The van der Waals surface area contributed by atoms with Crippen LogP contribution in [0, 0.1) is 12.8 Å². The minimum atomic E-state index is -3.62. The maximum atomic E-state index is 13.0. The fraction of sp³-hybridized carbons (Fsp3) is 0.240. The van der Waals surface area contributed by atoms with Crippen LogP contribution in [0.2, 0.25) is 0 Å². The second kappa shape index (κ2) is 9.54. The Labute approximate surface area is 188 Å². The molecule has 0 aliphatic carbocycles. The molecule has 1 N–H and O–H groups in total. The van der Waals surface area contributed by atoms with Crippen molar-refractivity contribution in [2.75, 3.05) is 18.4 Å². The summed E-state index contributed by atoms with van der Waals surface area (Å²) in [6.45, 7) is 2.51. The molecule has 32 heavy (non-hydrogen) atoms. The van der Waals surface area contributed by atoms with E-state index in [1.54, 1.807) is 48.5 Å². The maximum Gasteiger partial charge on any atom is 0.243 e. The molecule has 0 spiro atoms. The van der Waals surface area contributed by atoms with Crippen LogP contribution in [-0.2, 0) is 14.8 Å². The number of carbonyl (C=O) groups is 1. The van der Waals surface area contributed by atoms with Crippen LogP contribution in [-0.4, -0.2) is 31.7 Å². The number of benzene rings is 3. The monoisotopic (exact) mass is 450 g/mol. The van der Waals surface area contributed by atoms with Gasteiger partial charge in [-0.15, -0.1) is 0 Å². The first-order valence-corrected chi connectivity index (χ1v) is 12.1. The van der Waals surface area contributed by atoms with Gasteiger partial charge in [-0.2, -0.15) is 4.31 Å². The number of hydrogen-bond donors (Lipinski definition) is 1. The number of para-hydroxylation sites is 1. The van der Waals surface area contributed by atoms with Gasteiger partial charge in [0.1, 0.15) is 11.5 Å². The predicted molar refractivity (Wildman–Crippen MR) is 124 cm³/mol. The highest BCUT2D eigenvalue weighted by atomic mass is 32.2. The van der Waals surface area contributed by atoms with E-state index < -0.39 is 15.9 Å². The average Bonchev–Trinajstić information content (AvgIpc) is 2.81. The quantitative estimate of drug-likeness (QED) is 0.584. The third-order valence-electron chi connectivity index (χ3n) is 5.51. The summed E-state index contributed by atoms with van der Waals surface area (Å²) in [6.07, 6.45) is 1.30. The van der Waals surface area contributed by atoms with Crippen molar-refractivity contribution in [2.24, 2.45) is 5.92 Å². The van der Waals surface area contributed by atoms with Crippen molar-refractivity contribution in [3.8, 4) is 11.5 Å². The standard InChI is InChI=1S/C25H26N2O4S/c1-19-9-15-24(16-10-19)32(29,30)27-17-5-6-20(18-27)25(28)26-21-11-13-23(14-12-21)31-22-7-3-2-4-8-22/h2-4,7-16,20H,5-6,17-18H2,1H3,(H,26,28). The normalized spacial score (nSPS) is 17.0. The number of anilines is 1. The Morgan fingerprint density at radius 1 is 0.938 bits per heavy atom. The number of aryl methyl sites for hydroxylation is 1. The first-order valence-electron chi connectivity index (χ1n) is 10.6. The van der Waals surface area contributed by atoms with E-state index in [9.17, 15) is 13.2 Å². The zero-order chi connectivity index (χ0) is 22.6. The summed E-state index contributed by atoms with van der Waals surface area (Å²) in [5.41, 5.74) is 1.65. The summed E-state index contributed by atoms with van der Waals surface area (Å²) in [5.74, 6) is 0.832. The molecule has 1 aliphatic heterocycles. The smallest absolute Gasteiger partial charge is 0.243 e. The number of rotatable bonds is 6. The Morgan fingerprint density at radius 2 is 1.59 bits per heavy atom. The Hall–Kier alpha value is -3.16. The molecule has 0 aromatic heterocycles. The van der Waals surface area contributed by atoms with Crippen molar-refractivity contribution in [1.82, 2.24) is 4.31 Å². The highest BCUT2D eigenvalue weighted by Gasteiger charge is 2.33. The first kappa shape index (κ1) is 22.0. The third kappa shape index (κ3) is 5.18.